The fourth-order valence-corrected chi connectivity index (χ4v) is 12.5. The molecular weight excluding hydrogens is 895 g/mol. The second-order valence-corrected chi connectivity index (χ2v) is 21.0. The van der Waals surface area contributed by atoms with Crippen LogP contribution in [0.4, 0.5) is 5.69 Å². The fourth-order valence-electron chi connectivity index (χ4n) is 12.5. The van der Waals surface area contributed by atoms with E-state index in [1.165, 1.54) is 71.8 Å². The Morgan fingerprint density at radius 2 is 1.53 bits per heavy atom. The number of phenols is 3. The number of ketones is 1. The van der Waals surface area contributed by atoms with Gasteiger partial charge in [-0.1, -0.05) is 76.3 Å². The van der Waals surface area contributed by atoms with Gasteiger partial charge in [-0.15, -0.1) is 0 Å². The molecule has 3 heterocycles. The van der Waals surface area contributed by atoms with E-state index < -0.39 is 88.8 Å². The molecule has 0 saturated heterocycles. The van der Waals surface area contributed by atoms with Gasteiger partial charge in [0.2, 0.25) is 0 Å². The summed E-state index contributed by atoms with van der Waals surface area (Å²) in [6, 6.07) is 10.0. The number of fused-ring (bicyclic) bond motifs is 14. The van der Waals surface area contributed by atoms with Crippen molar-refractivity contribution in [1.29, 1.82) is 0 Å². The first-order chi connectivity index (χ1) is 33.2. The molecule has 9 unspecified atom stereocenters. The summed E-state index contributed by atoms with van der Waals surface area (Å²) in [5, 5.41) is 69.6. The number of aliphatic hydroxyl groups is 2. The number of amides is 1. The van der Waals surface area contributed by atoms with Crippen molar-refractivity contribution in [3.05, 3.63) is 88.7 Å². The number of nitrogens with one attached hydrogen (secondary N) is 1. The van der Waals surface area contributed by atoms with E-state index >= 15 is 0 Å². The number of nitrogens with zero attached hydrogens (tertiary/aromatic N) is 2. The van der Waals surface area contributed by atoms with Crippen LogP contribution >= 0.6 is 0 Å². The number of hydrazone groups is 1. The third-order valence-electron chi connectivity index (χ3n) is 16.1. The summed E-state index contributed by atoms with van der Waals surface area (Å²) in [6.07, 6.45) is 11.6. The van der Waals surface area contributed by atoms with Crippen molar-refractivity contribution in [2.75, 3.05) is 12.4 Å². The van der Waals surface area contributed by atoms with Gasteiger partial charge in [0.15, 0.2) is 5.75 Å². The minimum Gasteiger partial charge on any atom is -0.507 e. The van der Waals surface area contributed by atoms with Crippen LogP contribution in [0.15, 0.2) is 71.6 Å². The molecule has 3 aromatic carbocycles. The minimum absolute atomic E-state index is 0.0637. The maximum Gasteiger partial charge on any atom is 0.312 e. The molecular formula is C55H69N3O12. The smallest absolute Gasteiger partial charge is 0.312 e. The Hall–Kier alpha value is -5.90. The predicted octanol–water partition coefficient (Wildman–Crippen LogP) is 8.56. The molecule has 0 aromatic heterocycles. The van der Waals surface area contributed by atoms with Crippen molar-refractivity contribution in [2.24, 2.45) is 46.5 Å². The van der Waals surface area contributed by atoms with E-state index in [-0.39, 0.29) is 50.0 Å². The summed E-state index contributed by atoms with van der Waals surface area (Å²) in [4.78, 5) is 41.5. The van der Waals surface area contributed by atoms with E-state index in [4.69, 9.17) is 24.0 Å². The molecule has 4 fully saturated rings. The van der Waals surface area contributed by atoms with Crippen LogP contribution in [0, 0.1) is 48.3 Å². The maximum absolute atomic E-state index is 14.8. The quantitative estimate of drug-likeness (QED) is 0.0431. The molecule has 4 aliphatic carbocycles. The molecule has 15 nitrogen and oxygen atoms in total. The Bertz CT molecular complexity index is 2610. The fraction of sp³-hybridized carbons (Fsp3) is 0.527. The zero-order valence-corrected chi connectivity index (χ0v) is 41.6. The highest BCUT2D eigenvalue weighted by Crippen LogP contribution is 2.59. The molecule has 9 bridgehead atoms. The molecule has 0 spiro atoms. The third kappa shape index (κ3) is 9.27. The van der Waals surface area contributed by atoms with Crippen LogP contribution in [0.25, 0.3) is 10.8 Å². The number of methoxy groups -OCH3 is 1. The zero-order chi connectivity index (χ0) is 50.6. The molecule has 6 N–H and O–H groups in total. The van der Waals surface area contributed by atoms with Crippen LogP contribution in [0.2, 0.25) is 0 Å². The largest absolute Gasteiger partial charge is 0.507 e. The maximum atomic E-state index is 14.8. The lowest BCUT2D eigenvalue weighted by Crippen LogP contribution is -2.58. The number of hydrogen-bond donors (Lipinski definition) is 6. The Morgan fingerprint density at radius 3 is 2.14 bits per heavy atom. The summed E-state index contributed by atoms with van der Waals surface area (Å²) in [6.45, 7) is 13.1. The first kappa shape index (κ1) is 50.5. The highest BCUT2D eigenvalue weighted by Gasteiger charge is 2.54. The SMILES string of the molecule is COC1/C=C\OC2(C)Oc3c(C)c(O)c4c(O)c(c(/C=N/N(Cc5ccccc5)C56CC7CC(CC(C7)C5)C6)c(O)c4c3C2=O)NC(=O)/C(C)=C\C=C\C(C)C(O)C(C)C(O)C(C)C(OC(C)=O)C1C. The average Bonchev–Trinajstić information content (AvgIpc) is 3.58. The Labute approximate surface area is 409 Å². The molecule has 376 valence electrons. The standard InChI is InChI=1S/C55H69N3O12/c1-28-14-13-15-29(2)53(66)57-44-39(26-56-58(27-35-16-11-10-12-17-35)55-23-36-20-37(24-55)22-38(21-36)25-55)48(63)41-42(49(44)64)47(62)33(6)51-43(41)52(65)54(8,70-51)68-19-18-40(67-9)30(3)50(69-34(7)59)32(5)46(61)31(4)45(28)60/h10-19,26,28,30-32,36-38,40,45-46,50,60-64H,20-25,27H2,1-9H3,(H,57,66)/b14-13+,19-18-,29-15-,56-26+. The van der Waals surface area contributed by atoms with Crippen molar-refractivity contribution in [3.8, 4) is 23.0 Å². The molecule has 9 atom stereocenters. The van der Waals surface area contributed by atoms with Gasteiger partial charge in [0, 0.05) is 61.2 Å². The van der Waals surface area contributed by atoms with Crippen molar-refractivity contribution >= 4 is 40.3 Å². The molecule has 15 heteroatoms. The number of carbonyl (C=O) groups is 3. The van der Waals surface area contributed by atoms with Gasteiger partial charge in [-0.3, -0.25) is 19.4 Å². The van der Waals surface area contributed by atoms with E-state index in [0.29, 0.717) is 24.3 Å². The van der Waals surface area contributed by atoms with E-state index in [2.05, 4.69) is 10.3 Å². The number of ether oxygens (including phenoxy) is 4. The topological polar surface area (TPSA) is 217 Å². The lowest BCUT2D eigenvalue weighted by Gasteiger charge is -2.59. The molecule has 10 rings (SSSR count). The number of aromatic hydroxyl groups is 3. The number of anilines is 1. The van der Waals surface area contributed by atoms with Crippen LogP contribution in [0.1, 0.15) is 114 Å². The van der Waals surface area contributed by atoms with Gasteiger partial charge in [-0.2, -0.15) is 5.10 Å². The Balaban J connectivity index is 1.29. The lowest BCUT2D eigenvalue weighted by molar-refractivity contribution is -0.160. The van der Waals surface area contributed by atoms with Gasteiger partial charge in [0.1, 0.15) is 23.4 Å². The number of hydrogen-bond acceptors (Lipinski definition) is 14. The summed E-state index contributed by atoms with van der Waals surface area (Å²) in [5.41, 5.74) is 0.492. The van der Waals surface area contributed by atoms with Crippen molar-refractivity contribution < 1.29 is 58.9 Å². The molecule has 7 aliphatic rings. The van der Waals surface area contributed by atoms with Gasteiger partial charge in [0.25, 0.3) is 11.7 Å². The summed E-state index contributed by atoms with van der Waals surface area (Å²) in [5.74, 6) is -6.60. The van der Waals surface area contributed by atoms with Crippen molar-refractivity contribution in [2.45, 2.75) is 136 Å². The number of allylic oxidation sites excluding steroid dienone is 2. The van der Waals surface area contributed by atoms with Gasteiger partial charge >= 0.3 is 11.8 Å². The van der Waals surface area contributed by atoms with Gasteiger partial charge in [0.05, 0.1) is 65.1 Å². The van der Waals surface area contributed by atoms with Crippen LogP contribution in [0.5, 0.6) is 23.0 Å². The van der Waals surface area contributed by atoms with Gasteiger partial charge in [-0.25, -0.2) is 0 Å². The number of carbonyl (C=O) groups excluding carboxylic acids is 3. The van der Waals surface area contributed by atoms with E-state index in [1.54, 1.807) is 46.8 Å². The van der Waals surface area contributed by atoms with E-state index in [9.17, 15) is 39.9 Å². The number of Topliss-reactive ketones (excluding diaryl/α,β-unsaturated/α-hetero) is 1. The molecule has 0 radical (unpaired) electrons. The summed E-state index contributed by atoms with van der Waals surface area (Å²) in [7, 11) is 1.45. The monoisotopic (exact) mass is 963 g/mol. The number of rotatable bonds is 7. The van der Waals surface area contributed by atoms with Gasteiger partial charge < -0.3 is 49.8 Å². The predicted molar refractivity (Wildman–Crippen MR) is 264 cm³/mol. The van der Waals surface area contributed by atoms with Crippen molar-refractivity contribution in [3.63, 3.8) is 0 Å². The molecule has 1 amide bonds. The molecule has 3 aliphatic heterocycles. The highest BCUT2D eigenvalue weighted by molar-refractivity contribution is 6.23. The molecule has 4 saturated carbocycles. The molecule has 3 aromatic rings. The second-order valence-electron chi connectivity index (χ2n) is 21.0. The third-order valence-corrected chi connectivity index (χ3v) is 16.1. The van der Waals surface area contributed by atoms with Crippen LogP contribution < -0.4 is 10.1 Å². The normalized spacial score (nSPS) is 35.0. The van der Waals surface area contributed by atoms with Gasteiger partial charge in [-0.05, 0) is 81.8 Å². The molecule has 70 heavy (non-hydrogen) atoms. The number of benzene rings is 3. The summed E-state index contributed by atoms with van der Waals surface area (Å²) >= 11 is 0. The Kier molecular flexibility index (Phi) is 14.2. The number of phenolic OH excluding ortho intramolecular Hbond substituents is 3. The van der Waals surface area contributed by atoms with Crippen LogP contribution in [-0.2, 0) is 30.3 Å². The van der Waals surface area contributed by atoms with Crippen molar-refractivity contribution in [1.82, 2.24) is 5.01 Å². The zero-order valence-electron chi connectivity index (χ0n) is 41.6. The first-order valence-electron chi connectivity index (χ1n) is 24.6. The van der Waals surface area contributed by atoms with E-state index in [1.807, 2.05) is 30.3 Å². The lowest BCUT2D eigenvalue weighted by atomic mass is 9.52. The first-order valence-corrected chi connectivity index (χ1v) is 24.6. The second kappa shape index (κ2) is 19.7. The van der Waals surface area contributed by atoms with E-state index in [0.717, 1.165) is 24.8 Å². The Morgan fingerprint density at radius 1 is 0.886 bits per heavy atom. The number of aliphatic hydroxyl groups excluding tert-OH is 2. The number of esters is 1. The summed E-state index contributed by atoms with van der Waals surface area (Å²) < 4.78 is 24.0. The minimum atomic E-state index is -2.07. The van der Waals surface area contributed by atoms with Crippen LogP contribution in [-0.4, -0.2) is 97.3 Å². The average molecular weight is 964 g/mol. The highest BCUT2D eigenvalue weighted by atomic mass is 16.7. The van der Waals surface area contributed by atoms with Crippen LogP contribution in [0.3, 0.4) is 0 Å².